The van der Waals surface area contributed by atoms with Crippen molar-refractivity contribution in [3.63, 3.8) is 0 Å². The monoisotopic (exact) mass is 274 g/mol. The molecule has 0 fully saturated rings. The van der Waals surface area contributed by atoms with Gasteiger partial charge in [-0.15, -0.1) is 0 Å². The van der Waals surface area contributed by atoms with Crippen LogP contribution in [-0.4, -0.2) is 20.0 Å². The minimum Gasteiger partial charge on any atom is -0.494 e. The van der Waals surface area contributed by atoms with E-state index in [0.717, 1.165) is 9.13 Å². The summed E-state index contributed by atoms with van der Waals surface area (Å²) in [5.74, 6) is 4.89. The lowest BCUT2D eigenvalue weighted by molar-refractivity contribution is 0.410. The van der Waals surface area contributed by atoms with Crippen molar-refractivity contribution in [3.05, 3.63) is 62.3 Å². The molecular formula is C13H14N4O3. The summed E-state index contributed by atoms with van der Waals surface area (Å²) in [7, 11) is 2.69. The van der Waals surface area contributed by atoms with Gasteiger partial charge in [-0.25, -0.2) is 4.79 Å². The van der Waals surface area contributed by atoms with E-state index in [1.807, 2.05) is 0 Å². The average molecular weight is 274 g/mol. The molecule has 7 heteroatoms. The van der Waals surface area contributed by atoms with Gasteiger partial charge in [0.25, 0.3) is 5.56 Å². The first-order chi connectivity index (χ1) is 9.49. The van der Waals surface area contributed by atoms with Crippen LogP contribution in [0.4, 0.5) is 0 Å². The number of nitrogens with zero attached hydrogens (tertiary/aromatic N) is 3. The summed E-state index contributed by atoms with van der Waals surface area (Å²) in [6.07, 6.45) is 0. The molecule has 1 heterocycles. The van der Waals surface area contributed by atoms with E-state index in [-0.39, 0.29) is 11.3 Å². The summed E-state index contributed by atoms with van der Waals surface area (Å²) in [6.45, 7) is 0. The fourth-order valence-corrected chi connectivity index (χ4v) is 1.92. The van der Waals surface area contributed by atoms with Gasteiger partial charge >= 0.3 is 5.69 Å². The Balaban J connectivity index is 2.83. The average Bonchev–Trinajstić information content (AvgIpc) is 2.48. The van der Waals surface area contributed by atoms with Crippen LogP contribution in [0.3, 0.4) is 0 Å². The summed E-state index contributed by atoms with van der Waals surface area (Å²) in [5.41, 5.74) is -0.692. The van der Waals surface area contributed by atoms with E-state index < -0.39 is 17.1 Å². The second kappa shape index (κ2) is 5.04. The van der Waals surface area contributed by atoms with Crippen molar-refractivity contribution in [2.75, 3.05) is 0 Å². The first-order valence-electron chi connectivity index (χ1n) is 5.81. The molecule has 20 heavy (non-hydrogen) atoms. The molecule has 0 bridgehead atoms. The fraction of sp³-hybridized carbons (Fsp3) is 0.154. The van der Waals surface area contributed by atoms with Crippen LogP contribution >= 0.6 is 0 Å². The first kappa shape index (κ1) is 13.6. The molecule has 0 aliphatic carbocycles. The molecule has 2 aromatic rings. The van der Waals surface area contributed by atoms with Crippen LogP contribution in [-0.2, 0) is 14.1 Å². The molecule has 0 radical (unpaired) electrons. The maximum Gasteiger partial charge on any atom is 0.333 e. The largest absolute Gasteiger partial charge is 0.494 e. The van der Waals surface area contributed by atoms with Gasteiger partial charge in [-0.1, -0.05) is 30.3 Å². The van der Waals surface area contributed by atoms with E-state index in [1.54, 1.807) is 30.3 Å². The molecular weight excluding hydrogens is 260 g/mol. The van der Waals surface area contributed by atoms with Gasteiger partial charge < -0.3 is 10.9 Å². The van der Waals surface area contributed by atoms with E-state index in [0.29, 0.717) is 5.56 Å². The predicted molar refractivity (Wildman–Crippen MR) is 74.9 cm³/mol. The van der Waals surface area contributed by atoms with E-state index in [9.17, 15) is 14.7 Å². The number of aromatic hydroxyl groups is 1. The van der Waals surface area contributed by atoms with E-state index in [1.165, 1.54) is 14.1 Å². The maximum absolute atomic E-state index is 12.2. The predicted octanol–water partition coefficient (Wildman–Crippen LogP) is -0.499. The quantitative estimate of drug-likeness (QED) is 0.438. The number of rotatable bonds is 2. The highest BCUT2D eigenvalue weighted by atomic mass is 16.3. The molecule has 0 aliphatic rings. The van der Waals surface area contributed by atoms with Gasteiger partial charge in [0.1, 0.15) is 11.3 Å². The third-order valence-corrected chi connectivity index (χ3v) is 3.05. The Morgan fingerprint density at radius 2 is 1.75 bits per heavy atom. The highest BCUT2D eigenvalue weighted by Crippen LogP contribution is 2.15. The Morgan fingerprint density at radius 3 is 2.30 bits per heavy atom. The van der Waals surface area contributed by atoms with Gasteiger partial charge in [-0.3, -0.25) is 13.9 Å². The van der Waals surface area contributed by atoms with Crippen molar-refractivity contribution >= 4 is 5.71 Å². The molecule has 104 valence electrons. The van der Waals surface area contributed by atoms with Crippen LogP contribution < -0.4 is 17.1 Å². The summed E-state index contributed by atoms with van der Waals surface area (Å²) < 4.78 is 1.86. The Morgan fingerprint density at radius 1 is 1.15 bits per heavy atom. The number of hydrogen-bond donors (Lipinski definition) is 2. The standard InChI is InChI=1S/C13H14N4O3/c1-16-11(18)9(12(19)17(2)13(16)20)10(15-14)8-6-4-3-5-7-8/h3-7,18H,14H2,1-2H3/b15-10+. The van der Waals surface area contributed by atoms with Crippen molar-refractivity contribution < 1.29 is 5.11 Å². The highest BCUT2D eigenvalue weighted by Gasteiger charge is 2.21. The summed E-state index contributed by atoms with van der Waals surface area (Å²) in [6, 6.07) is 8.72. The lowest BCUT2D eigenvalue weighted by atomic mass is 10.0. The molecule has 2 rings (SSSR count). The minimum atomic E-state index is -0.654. The topological polar surface area (TPSA) is 103 Å². The molecule has 7 nitrogen and oxygen atoms in total. The number of benzene rings is 1. The second-order valence-corrected chi connectivity index (χ2v) is 4.25. The fourth-order valence-electron chi connectivity index (χ4n) is 1.92. The number of aromatic nitrogens is 2. The van der Waals surface area contributed by atoms with Crippen LogP contribution in [0.2, 0.25) is 0 Å². The first-order valence-corrected chi connectivity index (χ1v) is 5.81. The summed E-state index contributed by atoms with van der Waals surface area (Å²) in [4.78, 5) is 23.9. The van der Waals surface area contributed by atoms with Crippen molar-refractivity contribution in [3.8, 4) is 5.88 Å². The van der Waals surface area contributed by atoms with Gasteiger partial charge in [-0.05, 0) is 0 Å². The lowest BCUT2D eigenvalue weighted by Crippen LogP contribution is -2.40. The van der Waals surface area contributed by atoms with Gasteiger partial charge in [0.15, 0.2) is 0 Å². The van der Waals surface area contributed by atoms with E-state index in [2.05, 4.69) is 5.10 Å². The van der Waals surface area contributed by atoms with E-state index >= 15 is 0 Å². The zero-order chi connectivity index (χ0) is 14.9. The molecule has 1 aromatic carbocycles. The van der Waals surface area contributed by atoms with Crippen molar-refractivity contribution in [1.29, 1.82) is 0 Å². The van der Waals surface area contributed by atoms with Crippen molar-refractivity contribution in [1.82, 2.24) is 9.13 Å². The lowest BCUT2D eigenvalue weighted by Gasteiger charge is -2.11. The molecule has 0 amide bonds. The third kappa shape index (κ3) is 1.99. The van der Waals surface area contributed by atoms with Crippen LogP contribution in [0.1, 0.15) is 11.1 Å². The number of hydrazone groups is 1. The highest BCUT2D eigenvalue weighted by molar-refractivity contribution is 6.13. The third-order valence-electron chi connectivity index (χ3n) is 3.05. The van der Waals surface area contributed by atoms with Gasteiger partial charge in [0, 0.05) is 19.7 Å². The summed E-state index contributed by atoms with van der Waals surface area (Å²) >= 11 is 0. The van der Waals surface area contributed by atoms with Crippen molar-refractivity contribution in [2.24, 2.45) is 25.0 Å². The zero-order valence-corrected chi connectivity index (χ0v) is 11.1. The zero-order valence-electron chi connectivity index (χ0n) is 11.1. The Labute approximate surface area is 114 Å². The normalized spacial score (nSPS) is 11.6. The molecule has 1 aromatic heterocycles. The second-order valence-electron chi connectivity index (χ2n) is 4.25. The van der Waals surface area contributed by atoms with Crippen LogP contribution in [0.15, 0.2) is 45.0 Å². The van der Waals surface area contributed by atoms with E-state index in [4.69, 9.17) is 5.84 Å². The molecule has 0 unspecified atom stereocenters. The Kier molecular flexibility index (Phi) is 3.43. The number of nitrogens with two attached hydrogens (primary N) is 1. The van der Waals surface area contributed by atoms with Gasteiger partial charge in [-0.2, -0.15) is 5.10 Å². The smallest absolute Gasteiger partial charge is 0.333 e. The molecule has 0 spiro atoms. The van der Waals surface area contributed by atoms with Crippen LogP contribution in [0, 0.1) is 0 Å². The minimum absolute atomic E-state index is 0.108. The summed E-state index contributed by atoms with van der Waals surface area (Å²) in [5, 5.41) is 13.6. The molecule has 0 aliphatic heterocycles. The van der Waals surface area contributed by atoms with Crippen molar-refractivity contribution in [2.45, 2.75) is 0 Å². The molecule has 0 saturated heterocycles. The Hall–Kier alpha value is -2.83. The van der Waals surface area contributed by atoms with Crippen LogP contribution in [0.25, 0.3) is 0 Å². The molecule has 0 saturated carbocycles. The Bertz CT molecular complexity index is 788. The SMILES string of the molecule is Cn1c(O)c(/C(=N/N)c2ccccc2)c(=O)n(C)c1=O. The molecule has 0 atom stereocenters. The van der Waals surface area contributed by atoms with Crippen LogP contribution in [0.5, 0.6) is 5.88 Å². The number of hydrogen-bond acceptors (Lipinski definition) is 5. The maximum atomic E-state index is 12.2. The van der Waals surface area contributed by atoms with Gasteiger partial charge in [0.05, 0.1) is 0 Å². The van der Waals surface area contributed by atoms with Gasteiger partial charge in [0.2, 0.25) is 5.88 Å². The molecule has 3 N–H and O–H groups in total.